The van der Waals surface area contributed by atoms with Gasteiger partial charge in [-0.05, 0) is 25.3 Å². The van der Waals surface area contributed by atoms with Gasteiger partial charge in [0.1, 0.15) is 6.29 Å². The van der Waals surface area contributed by atoms with Gasteiger partial charge in [-0.15, -0.1) is 0 Å². The number of methoxy groups -OCH3 is 1. The van der Waals surface area contributed by atoms with E-state index in [2.05, 4.69) is 24.7 Å². The summed E-state index contributed by atoms with van der Waals surface area (Å²) in [5, 5.41) is 0. The number of carbonyl (C=O) groups is 3. The first-order valence-corrected chi connectivity index (χ1v) is 5.36. The number of rotatable bonds is 9. The molecule has 0 aliphatic heterocycles. The van der Waals surface area contributed by atoms with E-state index < -0.39 is 5.97 Å². The molecule has 0 bridgehead atoms. The standard InChI is InChI=1S/C12H14O4.3CO.Fe/c1-16-12(15)9-8-11(14)7-5-3-2-4-6-10-13;3*1-2;/h2-7,10H,8-9H2,1H3;;;;/b7-5+;;;;. The predicted molar refractivity (Wildman–Crippen MR) is 70.4 cm³/mol. The van der Waals surface area contributed by atoms with E-state index in [9.17, 15) is 14.4 Å². The van der Waals surface area contributed by atoms with Crippen LogP contribution in [0, 0.1) is 45.6 Å². The third-order valence-corrected chi connectivity index (χ3v) is 1.61. The second-order valence-corrected chi connectivity index (χ2v) is 2.81. The molecule has 0 saturated carbocycles. The molecule has 124 valence electrons. The topological polar surface area (TPSA) is 120 Å². The minimum atomic E-state index is -0.397. The van der Waals surface area contributed by atoms with E-state index in [1.54, 1.807) is 25.3 Å². The molecule has 0 rings (SSSR count). The van der Waals surface area contributed by atoms with Crippen molar-refractivity contribution in [1.82, 2.24) is 0 Å². The summed E-state index contributed by atoms with van der Waals surface area (Å²) >= 11 is 0. The number of ether oxygens (including phenoxy) is 1. The number of hydrogen-bond acceptors (Lipinski definition) is 4. The van der Waals surface area contributed by atoms with Crippen LogP contribution >= 0.6 is 0 Å². The molecule has 0 aromatic carbocycles. The molecule has 0 N–H and O–H groups in total. The summed E-state index contributed by atoms with van der Waals surface area (Å²) in [6.45, 7) is 13.5. The van der Waals surface area contributed by atoms with Gasteiger partial charge in [0.2, 0.25) is 0 Å². The van der Waals surface area contributed by atoms with E-state index in [1.165, 1.54) is 19.6 Å². The molecule has 0 spiro atoms. The molecule has 0 atom stereocenters. The van der Waals surface area contributed by atoms with E-state index in [4.69, 9.17) is 14.0 Å². The number of hydrogen-bond donors (Lipinski definition) is 0. The number of allylic oxidation sites excluding steroid dienone is 2. The number of carbonyl (C=O) groups excluding carboxylic acids is 3. The second-order valence-electron chi connectivity index (χ2n) is 2.81. The van der Waals surface area contributed by atoms with Crippen LogP contribution in [0.4, 0.5) is 0 Å². The molecule has 7 nitrogen and oxygen atoms in total. The molecule has 0 aromatic heterocycles. The Morgan fingerprint density at radius 1 is 0.913 bits per heavy atom. The molecule has 0 aliphatic carbocycles. The van der Waals surface area contributed by atoms with E-state index in [0.29, 0.717) is 6.29 Å². The molecule has 0 unspecified atom stereocenters. The quantitative estimate of drug-likeness (QED) is 0.115. The van der Waals surface area contributed by atoms with Crippen LogP contribution < -0.4 is 0 Å². The third kappa shape index (κ3) is 38.4. The summed E-state index contributed by atoms with van der Waals surface area (Å²) in [6, 6.07) is 0. The molecule has 0 heterocycles. The first kappa shape index (κ1) is 33.0. The molecule has 23 heavy (non-hydrogen) atoms. The van der Waals surface area contributed by atoms with Crippen molar-refractivity contribution in [3.8, 4) is 0 Å². The van der Waals surface area contributed by atoms with Crippen molar-refractivity contribution < 1.29 is 50.1 Å². The van der Waals surface area contributed by atoms with Crippen LogP contribution in [-0.2, 0) is 50.1 Å². The maximum absolute atomic E-state index is 11.1. The zero-order valence-corrected chi connectivity index (χ0v) is 13.3. The smallest absolute Gasteiger partial charge is 0 e. The van der Waals surface area contributed by atoms with Gasteiger partial charge in [-0.25, -0.2) is 0 Å². The van der Waals surface area contributed by atoms with E-state index in [0.717, 1.165) is 0 Å². The normalized spacial score (nSPS) is 7.43. The second kappa shape index (κ2) is 37.0. The Labute approximate surface area is 146 Å². The molecular formula is C15H14FeO7. The van der Waals surface area contributed by atoms with Gasteiger partial charge in [0.15, 0.2) is 5.78 Å². The van der Waals surface area contributed by atoms with Gasteiger partial charge in [0.05, 0.1) is 13.5 Å². The minimum Gasteiger partial charge on any atom is 0 e. The zero-order valence-electron chi connectivity index (χ0n) is 12.2. The summed E-state index contributed by atoms with van der Waals surface area (Å²) < 4.78 is 26.9. The average Bonchev–Trinajstić information content (AvgIpc) is 2.61. The number of esters is 1. The van der Waals surface area contributed by atoms with E-state index in [1.807, 2.05) is 0 Å². The van der Waals surface area contributed by atoms with Crippen molar-refractivity contribution in [1.29, 1.82) is 0 Å². The van der Waals surface area contributed by atoms with E-state index >= 15 is 0 Å². The number of unbranched alkanes of at least 4 members (excludes halogenated alkanes) is 3. The molecule has 0 fully saturated rings. The van der Waals surface area contributed by atoms with Crippen molar-refractivity contribution in [2.75, 3.05) is 7.11 Å². The maximum atomic E-state index is 11.1. The fraction of sp³-hybridized carbons (Fsp3) is 0.200. The first-order valence-electron chi connectivity index (χ1n) is 5.36. The Balaban J connectivity index is -0.000000137. The SMILES string of the molecule is COC(=O)CCC(=O)/C=C/[CH][CH][CH][CH]C=O.[C-]#[O+].[C-]#[O+].[C-]#[O+].[Fe]. The van der Waals surface area contributed by atoms with Crippen LogP contribution in [0.5, 0.6) is 0 Å². The molecule has 4 radical (unpaired) electrons. The molecule has 0 aromatic rings. The maximum Gasteiger partial charge on any atom is 0 e. The number of aldehydes is 1. The fourth-order valence-electron chi connectivity index (χ4n) is 0.811. The molecule has 8 heteroatoms. The Morgan fingerprint density at radius 3 is 1.83 bits per heavy atom. The Morgan fingerprint density at radius 2 is 1.39 bits per heavy atom. The molecular weight excluding hydrogens is 348 g/mol. The van der Waals surface area contributed by atoms with Gasteiger partial charge in [-0.1, -0.05) is 6.08 Å². The monoisotopic (exact) mass is 362 g/mol. The van der Waals surface area contributed by atoms with Crippen molar-refractivity contribution in [3.05, 3.63) is 57.8 Å². The van der Waals surface area contributed by atoms with Gasteiger partial charge in [-0.2, -0.15) is 0 Å². The Bertz CT molecular complexity index is 355. The van der Waals surface area contributed by atoms with Crippen molar-refractivity contribution in [2.45, 2.75) is 12.8 Å². The van der Waals surface area contributed by atoms with Crippen LogP contribution in [0.2, 0.25) is 0 Å². The first-order chi connectivity index (χ1) is 10.7. The average molecular weight is 362 g/mol. The van der Waals surface area contributed by atoms with E-state index in [-0.39, 0.29) is 35.7 Å². The number of ketones is 1. The van der Waals surface area contributed by atoms with Gasteiger partial charge >= 0.3 is 39.9 Å². The summed E-state index contributed by atoms with van der Waals surface area (Å²) in [6.07, 6.45) is 9.95. The van der Waals surface area contributed by atoms with Crippen LogP contribution in [0.3, 0.4) is 0 Å². The fourth-order valence-corrected chi connectivity index (χ4v) is 0.811. The van der Waals surface area contributed by atoms with Crippen molar-refractivity contribution in [3.63, 3.8) is 0 Å². The Kier molecular flexibility index (Phi) is 53.1. The summed E-state index contributed by atoms with van der Waals surface area (Å²) in [7, 11) is 1.28. The van der Waals surface area contributed by atoms with Crippen LogP contribution in [-0.4, -0.2) is 25.1 Å². The van der Waals surface area contributed by atoms with Gasteiger partial charge in [0.25, 0.3) is 0 Å². The van der Waals surface area contributed by atoms with Gasteiger partial charge in [0, 0.05) is 29.9 Å². The van der Waals surface area contributed by atoms with Gasteiger partial charge < -0.3 is 9.53 Å². The summed E-state index contributed by atoms with van der Waals surface area (Å²) in [5.41, 5.74) is 0. The predicted octanol–water partition coefficient (Wildman–Crippen LogP) is 0.966. The van der Waals surface area contributed by atoms with Crippen LogP contribution in [0.25, 0.3) is 0 Å². The zero-order chi connectivity index (χ0) is 18.2. The molecule has 0 aliphatic rings. The van der Waals surface area contributed by atoms with Crippen LogP contribution in [0.1, 0.15) is 12.8 Å². The largest absolute Gasteiger partial charge is 0 e. The summed E-state index contributed by atoms with van der Waals surface area (Å²) in [4.78, 5) is 31.7. The summed E-state index contributed by atoms with van der Waals surface area (Å²) in [5.74, 6) is -0.541. The van der Waals surface area contributed by atoms with Crippen molar-refractivity contribution in [2.24, 2.45) is 0 Å². The molecule has 0 amide bonds. The molecule has 0 saturated heterocycles. The van der Waals surface area contributed by atoms with Crippen LogP contribution in [0.15, 0.2) is 12.2 Å². The van der Waals surface area contributed by atoms with Gasteiger partial charge in [-0.3, -0.25) is 9.59 Å². The van der Waals surface area contributed by atoms with Crippen molar-refractivity contribution >= 4 is 18.0 Å². The third-order valence-electron chi connectivity index (χ3n) is 1.61. The Hall–Kier alpha value is -1.71. The minimum absolute atomic E-state index is 0.